The number of carbonyl (C=O) groups excluding carboxylic acids is 2. The number of ether oxygens (including phenoxy) is 3. The third kappa shape index (κ3) is 30.1. The summed E-state index contributed by atoms with van der Waals surface area (Å²) in [5.74, 6) is -1.23. The number of aliphatic hydroxyl groups is 4. The van der Waals surface area contributed by atoms with Gasteiger partial charge in [0.25, 0.3) is 0 Å². The predicted octanol–water partition coefficient (Wildman–Crippen LogP) is 9.28. The van der Waals surface area contributed by atoms with Gasteiger partial charge in [0.2, 0.25) is 0 Å². The molecule has 1 saturated carbocycles. The van der Waals surface area contributed by atoms with Crippen LogP contribution in [-0.4, -0.2) is 115 Å². The third-order valence-electron chi connectivity index (χ3n) is 12.1. The first-order chi connectivity index (χ1) is 32.6. The summed E-state index contributed by atoms with van der Waals surface area (Å²) in [6, 6.07) is 0. The molecular formula is C49H88O17P2. The first-order valence-electron chi connectivity index (χ1n) is 25.7. The second-order valence-electron chi connectivity index (χ2n) is 18.3. The van der Waals surface area contributed by atoms with Crippen molar-refractivity contribution in [3.05, 3.63) is 36.5 Å². The van der Waals surface area contributed by atoms with Gasteiger partial charge in [0.15, 0.2) is 6.10 Å². The highest BCUT2D eigenvalue weighted by molar-refractivity contribution is 7.47. The highest BCUT2D eigenvalue weighted by Gasteiger charge is 2.54. The van der Waals surface area contributed by atoms with E-state index in [-0.39, 0.29) is 12.8 Å². The van der Waals surface area contributed by atoms with E-state index >= 15 is 0 Å². The van der Waals surface area contributed by atoms with Gasteiger partial charge in [0.05, 0.1) is 18.8 Å². The first kappa shape index (κ1) is 62.3. The summed E-state index contributed by atoms with van der Waals surface area (Å²) in [5.41, 5.74) is 0. The van der Waals surface area contributed by atoms with Crippen LogP contribution in [0.4, 0.5) is 0 Å². The van der Waals surface area contributed by atoms with E-state index in [1.54, 1.807) is 0 Å². The molecule has 396 valence electrons. The molecule has 2 rings (SSSR count). The molecule has 2 aliphatic rings. The highest BCUT2D eigenvalue weighted by Crippen LogP contribution is 2.49. The van der Waals surface area contributed by atoms with Crippen LogP contribution in [0.15, 0.2) is 36.5 Å². The number of carbonyl (C=O) groups is 2. The van der Waals surface area contributed by atoms with Crippen LogP contribution in [0.3, 0.4) is 0 Å². The van der Waals surface area contributed by atoms with Crippen molar-refractivity contribution >= 4 is 27.6 Å². The molecule has 7 unspecified atom stereocenters. The molecule has 0 spiro atoms. The number of allylic oxidation sites excluding steroid dienone is 5. The average Bonchev–Trinajstić information content (AvgIpc) is 4.05. The molecule has 1 aliphatic carbocycles. The molecule has 0 bridgehead atoms. The Morgan fingerprint density at radius 3 is 1.59 bits per heavy atom. The maximum absolute atomic E-state index is 13.0. The topological polar surface area (TPSA) is 269 Å². The SMILES string of the molecule is CCCCC/C=C\C/C=C\CCCCCCCCCCCC(=O)OC[C@H](COP(=O)(O)O[C@H]1C(O)C(O)C(O)[C@@H](OP(=O)(O)O)C1O)OC(=O)CCCCCCC/C=C\CC1OC1CCCCC. The Bertz CT molecular complexity index is 1520. The van der Waals surface area contributed by atoms with Crippen molar-refractivity contribution < 1.29 is 81.6 Å². The van der Waals surface area contributed by atoms with Crippen molar-refractivity contribution in [2.75, 3.05) is 13.2 Å². The number of unbranched alkanes of at least 4 members (excludes halogenated alkanes) is 19. The van der Waals surface area contributed by atoms with Gasteiger partial charge in [0, 0.05) is 12.8 Å². The zero-order valence-electron chi connectivity index (χ0n) is 41.0. The third-order valence-corrected chi connectivity index (χ3v) is 13.6. The fourth-order valence-electron chi connectivity index (χ4n) is 8.00. The van der Waals surface area contributed by atoms with Gasteiger partial charge in [0.1, 0.15) is 43.2 Å². The van der Waals surface area contributed by atoms with Crippen LogP contribution >= 0.6 is 15.6 Å². The molecule has 1 aliphatic heterocycles. The maximum atomic E-state index is 13.0. The van der Waals surface area contributed by atoms with Crippen molar-refractivity contribution in [3.8, 4) is 0 Å². The second kappa shape index (κ2) is 37.0. The Kier molecular flexibility index (Phi) is 33.9. The van der Waals surface area contributed by atoms with Gasteiger partial charge in [-0.2, -0.15) is 0 Å². The zero-order chi connectivity index (χ0) is 50.0. The lowest BCUT2D eigenvalue weighted by atomic mass is 9.85. The van der Waals surface area contributed by atoms with Gasteiger partial charge in [-0.05, 0) is 70.6 Å². The number of rotatable bonds is 42. The van der Waals surface area contributed by atoms with Gasteiger partial charge in [-0.3, -0.25) is 23.2 Å². The predicted molar refractivity (Wildman–Crippen MR) is 259 cm³/mol. The molecule has 10 atom stereocenters. The van der Waals surface area contributed by atoms with E-state index in [4.69, 9.17) is 23.3 Å². The Labute approximate surface area is 406 Å². The average molecular weight is 1010 g/mol. The minimum absolute atomic E-state index is 0.0226. The number of esters is 2. The van der Waals surface area contributed by atoms with E-state index in [1.807, 2.05) is 0 Å². The molecule has 1 saturated heterocycles. The number of hydrogen-bond donors (Lipinski definition) is 7. The largest absolute Gasteiger partial charge is 0.472 e. The molecule has 0 amide bonds. The Morgan fingerprint density at radius 2 is 1.03 bits per heavy atom. The number of aliphatic hydroxyl groups excluding tert-OH is 4. The van der Waals surface area contributed by atoms with Crippen LogP contribution < -0.4 is 0 Å². The summed E-state index contributed by atoms with van der Waals surface area (Å²) < 4.78 is 55.2. The van der Waals surface area contributed by atoms with Crippen LogP contribution in [0.5, 0.6) is 0 Å². The van der Waals surface area contributed by atoms with Gasteiger partial charge < -0.3 is 49.3 Å². The smallest absolute Gasteiger partial charge is 0.462 e. The van der Waals surface area contributed by atoms with Crippen molar-refractivity contribution in [2.24, 2.45) is 0 Å². The van der Waals surface area contributed by atoms with E-state index < -0.39 is 83.5 Å². The zero-order valence-corrected chi connectivity index (χ0v) is 42.8. The molecule has 17 nitrogen and oxygen atoms in total. The Balaban J connectivity index is 1.75. The van der Waals surface area contributed by atoms with E-state index in [0.29, 0.717) is 25.0 Å². The normalized spacial score (nSPS) is 24.5. The van der Waals surface area contributed by atoms with Crippen LogP contribution in [0.25, 0.3) is 0 Å². The molecule has 1 heterocycles. The summed E-state index contributed by atoms with van der Waals surface area (Å²) in [6.07, 6.45) is 26.9. The van der Waals surface area contributed by atoms with E-state index in [1.165, 1.54) is 70.6 Å². The first-order valence-corrected chi connectivity index (χ1v) is 28.7. The Hall–Kier alpha value is -1.82. The lowest BCUT2D eigenvalue weighted by Gasteiger charge is -2.43. The number of phosphoric ester groups is 2. The lowest BCUT2D eigenvalue weighted by molar-refractivity contribution is -0.216. The fourth-order valence-corrected chi connectivity index (χ4v) is 9.54. The summed E-state index contributed by atoms with van der Waals surface area (Å²) in [4.78, 5) is 54.4. The number of hydrogen-bond acceptors (Lipinski definition) is 14. The molecule has 2 fully saturated rings. The molecule has 68 heavy (non-hydrogen) atoms. The van der Waals surface area contributed by atoms with E-state index in [0.717, 1.165) is 83.5 Å². The van der Waals surface area contributed by atoms with Gasteiger partial charge in [-0.15, -0.1) is 0 Å². The fraction of sp³-hybridized carbons (Fsp3) is 0.837. The van der Waals surface area contributed by atoms with Crippen molar-refractivity contribution in [1.82, 2.24) is 0 Å². The van der Waals surface area contributed by atoms with Crippen molar-refractivity contribution in [3.63, 3.8) is 0 Å². The van der Waals surface area contributed by atoms with Crippen LogP contribution in [0.2, 0.25) is 0 Å². The standard InChI is InChI=1S/C49H88O17P2/c1-3-5-7-8-9-10-11-12-13-14-15-16-17-18-19-20-24-27-31-35-42(50)61-37-39(38-62-68(59,60)66-49-46(54)44(52)45(53)48(47(49)55)65-67(56,57)58)63-43(51)36-32-28-25-22-21-23-26-30-34-41-40(64-41)33-29-6-4-2/h9-10,12-13,26,30,39-41,44-49,52-55H,3-8,11,14-25,27-29,31-38H2,1-2H3,(H,59,60)(H2,56,57,58)/b10-9-,13-12-,30-26-/t39-,40?,41?,44?,45?,46?,47?,48-,49+/m1/s1. The molecule has 0 aromatic carbocycles. The number of phosphoric acid groups is 2. The van der Waals surface area contributed by atoms with Gasteiger partial charge in [-0.1, -0.05) is 147 Å². The summed E-state index contributed by atoms with van der Waals surface area (Å²) in [6.45, 7) is 3.05. The monoisotopic (exact) mass is 1010 g/mol. The van der Waals surface area contributed by atoms with Gasteiger partial charge in [-0.25, -0.2) is 9.13 Å². The minimum atomic E-state index is -5.37. The second-order valence-corrected chi connectivity index (χ2v) is 20.9. The van der Waals surface area contributed by atoms with Crippen LogP contribution in [0.1, 0.15) is 194 Å². The molecule has 7 N–H and O–H groups in total. The van der Waals surface area contributed by atoms with Gasteiger partial charge >= 0.3 is 27.6 Å². The molecule has 0 radical (unpaired) electrons. The van der Waals surface area contributed by atoms with Crippen molar-refractivity contribution in [2.45, 2.75) is 249 Å². The summed E-state index contributed by atoms with van der Waals surface area (Å²) in [5, 5.41) is 41.3. The van der Waals surface area contributed by atoms with Crippen molar-refractivity contribution in [1.29, 1.82) is 0 Å². The van der Waals surface area contributed by atoms with Crippen LogP contribution in [-0.2, 0) is 46.5 Å². The van der Waals surface area contributed by atoms with Crippen LogP contribution in [0, 0.1) is 0 Å². The molecular weight excluding hydrogens is 922 g/mol. The summed E-state index contributed by atoms with van der Waals surface area (Å²) in [7, 11) is -10.7. The maximum Gasteiger partial charge on any atom is 0.472 e. The number of epoxide rings is 1. The highest BCUT2D eigenvalue weighted by atomic mass is 31.2. The molecule has 0 aromatic heterocycles. The minimum Gasteiger partial charge on any atom is -0.462 e. The lowest BCUT2D eigenvalue weighted by Crippen LogP contribution is -2.64. The molecule has 0 aromatic rings. The molecule has 19 heteroatoms. The summed E-state index contributed by atoms with van der Waals surface area (Å²) >= 11 is 0. The Morgan fingerprint density at radius 1 is 0.544 bits per heavy atom. The van der Waals surface area contributed by atoms with E-state index in [9.17, 15) is 53.8 Å². The quantitative estimate of drug-likeness (QED) is 0.00987. The van der Waals surface area contributed by atoms with E-state index in [2.05, 4.69) is 54.8 Å².